The average molecular weight is 311 g/mol. The third-order valence-electron chi connectivity index (χ3n) is 5.41. The number of ether oxygens (including phenoxy) is 1. The van der Waals surface area contributed by atoms with Gasteiger partial charge in [-0.3, -0.25) is 9.69 Å². The summed E-state index contributed by atoms with van der Waals surface area (Å²) in [5, 5.41) is 0. The standard InChI is InChI=1S/C17H33N3O2/c1-3-20(14-7-5-4-6-8-14)17(21)13-19-10-9-16(22-2)11-15(19)12-18/h14-16H,3-13,18H2,1-2H3. The molecule has 1 amide bonds. The van der Waals surface area contributed by atoms with Gasteiger partial charge in [0.05, 0.1) is 12.6 Å². The molecule has 0 spiro atoms. The van der Waals surface area contributed by atoms with Crippen molar-refractivity contribution in [3.63, 3.8) is 0 Å². The fraction of sp³-hybridized carbons (Fsp3) is 0.941. The zero-order valence-electron chi connectivity index (χ0n) is 14.3. The Morgan fingerprint density at radius 1 is 1.27 bits per heavy atom. The van der Waals surface area contributed by atoms with E-state index in [2.05, 4.69) is 16.7 Å². The summed E-state index contributed by atoms with van der Waals surface area (Å²) in [6, 6.07) is 0.729. The molecule has 0 aromatic heterocycles. The van der Waals surface area contributed by atoms with Crippen molar-refractivity contribution in [2.45, 2.75) is 70.1 Å². The first-order chi connectivity index (χ1) is 10.7. The van der Waals surface area contributed by atoms with Crippen molar-refractivity contribution < 1.29 is 9.53 Å². The first kappa shape index (κ1) is 17.7. The van der Waals surface area contributed by atoms with Crippen molar-refractivity contribution >= 4 is 5.91 Å². The number of nitrogens with two attached hydrogens (primary N) is 1. The van der Waals surface area contributed by atoms with Crippen LogP contribution in [0.2, 0.25) is 0 Å². The number of carbonyl (C=O) groups excluding carboxylic acids is 1. The van der Waals surface area contributed by atoms with Crippen LogP contribution in [0.5, 0.6) is 0 Å². The van der Waals surface area contributed by atoms with E-state index in [1.165, 1.54) is 32.1 Å². The van der Waals surface area contributed by atoms with Crippen molar-refractivity contribution in [2.75, 3.05) is 33.3 Å². The van der Waals surface area contributed by atoms with Gasteiger partial charge < -0.3 is 15.4 Å². The fourth-order valence-corrected chi connectivity index (χ4v) is 4.03. The molecule has 2 rings (SSSR count). The Labute approximate surface area is 135 Å². The molecule has 0 aromatic carbocycles. The van der Waals surface area contributed by atoms with Crippen LogP contribution in [0.1, 0.15) is 51.9 Å². The summed E-state index contributed by atoms with van der Waals surface area (Å²) in [4.78, 5) is 17.1. The molecule has 2 atom stereocenters. The van der Waals surface area contributed by atoms with Crippen LogP contribution < -0.4 is 5.73 Å². The van der Waals surface area contributed by atoms with Gasteiger partial charge in [0.15, 0.2) is 0 Å². The number of amides is 1. The van der Waals surface area contributed by atoms with Crippen molar-refractivity contribution in [1.82, 2.24) is 9.80 Å². The van der Waals surface area contributed by atoms with E-state index in [1.54, 1.807) is 7.11 Å². The number of rotatable bonds is 6. The lowest BCUT2D eigenvalue weighted by atomic mass is 9.94. The molecule has 5 nitrogen and oxygen atoms in total. The first-order valence-corrected chi connectivity index (χ1v) is 8.96. The van der Waals surface area contributed by atoms with E-state index in [1.807, 2.05) is 0 Å². The lowest BCUT2D eigenvalue weighted by Crippen LogP contribution is -2.53. The van der Waals surface area contributed by atoms with E-state index >= 15 is 0 Å². The average Bonchev–Trinajstić information content (AvgIpc) is 2.57. The summed E-state index contributed by atoms with van der Waals surface area (Å²) in [7, 11) is 1.76. The SMILES string of the molecule is CCN(C(=O)CN1CCC(OC)CC1CN)C1CCCCC1. The van der Waals surface area contributed by atoms with Crippen LogP contribution in [0.4, 0.5) is 0 Å². The van der Waals surface area contributed by atoms with E-state index in [9.17, 15) is 4.79 Å². The zero-order chi connectivity index (χ0) is 15.9. The molecule has 1 saturated heterocycles. The largest absolute Gasteiger partial charge is 0.381 e. The number of nitrogens with zero attached hydrogens (tertiary/aromatic N) is 2. The highest BCUT2D eigenvalue weighted by Gasteiger charge is 2.31. The highest BCUT2D eigenvalue weighted by molar-refractivity contribution is 5.78. The topological polar surface area (TPSA) is 58.8 Å². The van der Waals surface area contributed by atoms with Crippen LogP contribution in [0.25, 0.3) is 0 Å². The van der Waals surface area contributed by atoms with Gasteiger partial charge in [0, 0.05) is 38.8 Å². The third kappa shape index (κ3) is 4.43. The quantitative estimate of drug-likeness (QED) is 0.809. The maximum Gasteiger partial charge on any atom is 0.236 e. The maximum atomic E-state index is 12.8. The Balaban J connectivity index is 1.91. The van der Waals surface area contributed by atoms with Crippen molar-refractivity contribution in [3.05, 3.63) is 0 Å². The lowest BCUT2D eigenvalue weighted by Gasteiger charge is -2.40. The molecule has 1 saturated carbocycles. The smallest absolute Gasteiger partial charge is 0.236 e. The first-order valence-electron chi connectivity index (χ1n) is 8.96. The van der Waals surface area contributed by atoms with Crippen molar-refractivity contribution in [1.29, 1.82) is 0 Å². The molecule has 22 heavy (non-hydrogen) atoms. The molecule has 2 N–H and O–H groups in total. The van der Waals surface area contributed by atoms with Gasteiger partial charge in [-0.15, -0.1) is 0 Å². The lowest BCUT2D eigenvalue weighted by molar-refractivity contribution is -0.136. The van der Waals surface area contributed by atoms with Gasteiger partial charge in [0.2, 0.25) is 5.91 Å². The Morgan fingerprint density at radius 3 is 2.59 bits per heavy atom. The summed E-state index contributed by atoms with van der Waals surface area (Å²) >= 11 is 0. The minimum absolute atomic E-state index is 0.271. The van der Waals surface area contributed by atoms with Gasteiger partial charge in [0.1, 0.15) is 0 Å². The Kier molecular flexibility index (Phi) is 7.12. The van der Waals surface area contributed by atoms with E-state index in [0.29, 0.717) is 25.2 Å². The molecule has 2 aliphatic rings. The van der Waals surface area contributed by atoms with Crippen LogP contribution in [0.15, 0.2) is 0 Å². The molecule has 5 heteroatoms. The van der Waals surface area contributed by atoms with Gasteiger partial charge in [-0.1, -0.05) is 19.3 Å². The predicted octanol–water partition coefficient (Wildman–Crippen LogP) is 1.61. The van der Waals surface area contributed by atoms with Crippen LogP contribution >= 0.6 is 0 Å². The van der Waals surface area contributed by atoms with Crippen LogP contribution in [-0.4, -0.2) is 67.2 Å². The Morgan fingerprint density at radius 2 is 2.00 bits per heavy atom. The Bertz CT molecular complexity index is 345. The molecule has 0 bridgehead atoms. The molecular weight excluding hydrogens is 278 g/mol. The zero-order valence-corrected chi connectivity index (χ0v) is 14.3. The van der Waals surface area contributed by atoms with Crippen LogP contribution in [0.3, 0.4) is 0 Å². The predicted molar refractivity (Wildman–Crippen MR) is 88.7 cm³/mol. The molecule has 1 aliphatic heterocycles. The normalized spacial score (nSPS) is 27.8. The number of likely N-dealkylation sites (tertiary alicyclic amines) is 1. The second-order valence-corrected chi connectivity index (χ2v) is 6.71. The summed E-state index contributed by atoms with van der Waals surface area (Å²) in [5.41, 5.74) is 5.92. The van der Waals surface area contributed by atoms with E-state index in [0.717, 1.165) is 25.9 Å². The number of piperidine rings is 1. The summed E-state index contributed by atoms with van der Waals surface area (Å²) in [6.45, 7) is 4.95. The third-order valence-corrected chi connectivity index (χ3v) is 5.41. The number of methoxy groups -OCH3 is 1. The molecule has 2 unspecified atom stereocenters. The summed E-state index contributed by atoms with van der Waals surface area (Å²) in [5.74, 6) is 0.281. The van der Waals surface area contributed by atoms with Gasteiger partial charge >= 0.3 is 0 Å². The fourth-order valence-electron chi connectivity index (χ4n) is 4.03. The number of likely N-dealkylation sites (N-methyl/N-ethyl adjacent to an activating group) is 1. The molecule has 0 aromatic rings. The van der Waals surface area contributed by atoms with Gasteiger partial charge in [-0.2, -0.15) is 0 Å². The maximum absolute atomic E-state index is 12.8. The summed E-state index contributed by atoms with van der Waals surface area (Å²) in [6.07, 6.45) is 8.42. The minimum atomic E-state index is 0.271. The van der Waals surface area contributed by atoms with Crippen LogP contribution in [-0.2, 0) is 9.53 Å². The van der Waals surface area contributed by atoms with Gasteiger partial charge in [-0.25, -0.2) is 0 Å². The molecule has 1 aliphatic carbocycles. The van der Waals surface area contributed by atoms with Crippen molar-refractivity contribution in [3.8, 4) is 0 Å². The van der Waals surface area contributed by atoms with Crippen LogP contribution in [0, 0.1) is 0 Å². The van der Waals surface area contributed by atoms with E-state index in [-0.39, 0.29) is 11.9 Å². The molecular formula is C17H33N3O2. The second kappa shape index (κ2) is 8.85. The van der Waals surface area contributed by atoms with E-state index in [4.69, 9.17) is 10.5 Å². The molecule has 0 radical (unpaired) electrons. The highest BCUT2D eigenvalue weighted by Crippen LogP contribution is 2.24. The number of hydrogen-bond acceptors (Lipinski definition) is 4. The number of hydrogen-bond donors (Lipinski definition) is 1. The summed E-state index contributed by atoms with van der Waals surface area (Å²) < 4.78 is 5.46. The molecule has 1 heterocycles. The Hall–Kier alpha value is -0.650. The van der Waals surface area contributed by atoms with Gasteiger partial charge in [0.25, 0.3) is 0 Å². The highest BCUT2D eigenvalue weighted by atomic mass is 16.5. The van der Waals surface area contributed by atoms with E-state index < -0.39 is 0 Å². The molecule has 128 valence electrons. The minimum Gasteiger partial charge on any atom is -0.381 e. The monoisotopic (exact) mass is 311 g/mol. The molecule has 2 fully saturated rings. The second-order valence-electron chi connectivity index (χ2n) is 6.71. The van der Waals surface area contributed by atoms with Gasteiger partial charge in [-0.05, 0) is 32.6 Å². The number of carbonyl (C=O) groups is 1. The van der Waals surface area contributed by atoms with Crippen molar-refractivity contribution in [2.24, 2.45) is 5.73 Å².